The van der Waals surface area contributed by atoms with E-state index in [1.807, 2.05) is 0 Å². The van der Waals surface area contributed by atoms with Crippen molar-refractivity contribution in [3.8, 4) is 0 Å². The summed E-state index contributed by atoms with van der Waals surface area (Å²) in [7, 11) is 0. The zero-order valence-electron chi connectivity index (χ0n) is 9.55. The van der Waals surface area contributed by atoms with Crippen LogP contribution in [-0.2, 0) is 6.54 Å². The molecule has 0 aliphatic rings. The summed E-state index contributed by atoms with van der Waals surface area (Å²) in [4.78, 5) is 26.7. The van der Waals surface area contributed by atoms with Gasteiger partial charge in [-0.1, -0.05) is 6.07 Å². The minimum absolute atomic E-state index is 0.00631. The molecule has 19 heavy (non-hydrogen) atoms. The van der Waals surface area contributed by atoms with Gasteiger partial charge in [0.1, 0.15) is 0 Å². The van der Waals surface area contributed by atoms with Gasteiger partial charge in [0.05, 0.1) is 12.2 Å². The Kier molecular flexibility index (Phi) is 2.64. The highest BCUT2D eigenvalue weighted by molar-refractivity contribution is 7.11. The first kappa shape index (κ1) is 11.6. The number of fused-ring (bicyclic) bond motifs is 1. The van der Waals surface area contributed by atoms with E-state index < -0.39 is 5.97 Å². The quantitative estimate of drug-likeness (QED) is 0.760. The van der Waals surface area contributed by atoms with Crippen molar-refractivity contribution in [3.05, 3.63) is 51.0 Å². The van der Waals surface area contributed by atoms with Gasteiger partial charge < -0.3 is 5.11 Å². The lowest BCUT2D eigenvalue weighted by atomic mass is 10.5. The molecule has 3 heterocycles. The number of carbonyl (C=O) groups is 1. The van der Waals surface area contributed by atoms with E-state index in [9.17, 15) is 9.59 Å². The van der Waals surface area contributed by atoms with Crippen LogP contribution in [0.4, 0.5) is 0 Å². The number of carboxylic acid groups (broad SMARTS) is 1. The Morgan fingerprint density at radius 2 is 2.26 bits per heavy atom. The number of nitrogens with zero attached hydrogens (tertiary/aromatic N) is 4. The molecular weight excluding hydrogens is 268 g/mol. The van der Waals surface area contributed by atoms with Crippen LogP contribution >= 0.6 is 11.3 Å². The number of thiazole rings is 1. The average Bonchev–Trinajstić information content (AvgIpc) is 2.97. The minimum Gasteiger partial charge on any atom is -0.476 e. The molecule has 0 saturated carbocycles. The average molecular weight is 276 g/mol. The molecule has 3 rings (SSSR count). The van der Waals surface area contributed by atoms with Crippen molar-refractivity contribution in [3.63, 3.8) is 0 Å². The first-order valence-corrected chi connectivity index (χ1v) is 6.25. The summed E-state index contributed by atoms with van der Waals surface area (Å²) in [6.45, 7) is 0.157. The Morgan fingerprint density at radius 3 is 2.95 bits per heavy atom. The van der Waals surface area contributed by atoms with Gasteiger partial charge in [-0.05, 0) is 12.1 Å². The number of rotatable bonds is 3. The number of hydrogen-bond donors (Lipinski definition) is 1. The van der Waals surface area contributed by atoms with Gasteiger partial charge in [0.25, 0.3) is 0 Å². The Hall–Kier alpha value is -2.48. The second-order valence-electron chi connectivity index (χ2n) is 3.82. The van der Waals surface area contributed by atoms with E-state index in [-0.39, 0.29) is 17.2 Å². The summed E-state index contributed by atoms with van der Waals surface area (Å²) in [6.07, 6.45) is 1.63. The minimum atomic E-state index is -1.07. The Morgan fingerprint density at radius 1 is 1.42 bits per heavy atom. The van der Waals surface area contributed by atoms with Crippen LogP contribution in [0, 0.1) is 0 Å². The summed E-state index contributed by atoms with van der Waals surface area (Å²) in [5, 5.41) is 14.6. The number of aromatic nitrogens is 4. The van der Waals surface area contributed by atoms with Gasteiger partial charge in [0.15, 0.2) is 5.65 Å². The summed E-state index contributed by atoms with van der Waals surface area (Å²) in [5.41, 5.74) is 0.773. The van der Waals surface area contributed by atoms with E-state index in [2.05, 4.69) is 10.1 Å². The van der Waals surface area contributed by atoms with Crippen molar-refractivity contribution >= 4 is 23.0 Å². The Bertz CT molecular complexity index is 817. The highest BCUT2D eigenvalue weighted by Crippen LogP contribution is 2.10. The van der Waals surface area contributed by atoms with Gasteiger partial charge in [0.2, 0.25) is 5.01 Å². The summed E-state index contributed by atoms with van der Waals surface area (Å²) in [5.74, 6) is -1.07. The molecule has 0 aromatic carbocycles. The monoisotopic (exact) mass is 276 g/mol. The number of aromatic carboxylic acids is 1. The molecule has 0 atom stereocenters. The van der Waals surface area contributed by atoms with Crippen LogP contribution < -0.4 is 5.69 Å². The second kappa shape index (κ2) is 4.32. The van der Waals surface area contributed by atoms with E-state index in [0.29, 0.717) is 11.3 Å². The van der Waals surface area contributed by atoms with Crippen molar-refractivity contribution < 1.29 is 9.90 Å². The first-order chi connectivity index (χ1) is 9.15. The zero-order chi connectivity index (χ0) is 13.4. The van der Waals surface area contributed by atoms with Crippen LogP contribution in [-0.4, -0.2) is 30.2 Å². The van der Waals surface area contributed by atoms with Crippen LogP contribution in [0.5, 0.6) is 0 Å². The zero-order valence-corrected chi connectivity index (χ0v) is 10.4. The third-order valence-corrected chi connectivity index (χ3v) is 3.41. The summed E-state index contributed by atoms with van der Waals surface area (Å²) >= 11 is 1.03. The maximum Gasteiger partial charge on any atom is 0.365 e. The van der Waals surface area contributed by atoms with Crippen molar-refractivity contribution in [2.45, 2.75) is 6.54 Å². The van der Waals surface area contributed by atoms with E-state index in [0.717, 1.165) is 11.3 Å². The molecule has 0 saturated heterocycles. The predicted octanol–water partition coefficient (Wildman–Crippen LogP) is 0.699. The van der Waals surface area contributed by atoms with Gasteiger partial charge in [0, 0.05) is 11.6 Å². The maximum absolute atomic E-state index is 12.0. The summed E-state index contributed by atoms with van der Waals surface area (Å²) < 4.78 is 2.68. The van der Waals surface area contributed by atoms with Crippen LogP contribution in [0.1, 0.15) is 15.5 Å². The Labute approximate surface area is 110 Å². The van der Waals surface area contributed by atoms with Crippen molar-refractivity contribution in [2.24, 2.45) is 0 Å². The van der Waals surface area contributed by atoms with Crippen LogP contribution in [0.3, 0.4) is 0 Å². The molecule has 3 aromatic rings. The third-order valence-electron chi connectivity index (χ3n) is 2.53. The molecule has 0 spiro atoms. The number of pyridine rings is 1. The lowest BCUT2D eigenvalue weighted by Gasteiger charge is -1.93. The lowest BCUT2D eigenvalue weighted by molar-refractivity contribution is 0.0696. The van der Waals surface area contributed by atoms with Gasteiger partial charge in [-0.2, -0.15) is 0 Å². The molecule has 0 aliphatic carbocycles. The van der Waals surface area contributed by atoms with Gasteiger partial charge in [-0.15, -0.1) is 16.4 Å². The van der Waals surface area contributed by atoms with E-state index in [1.54, 1.807) is 29.8 Å². The maximum atomic E-state index is 12.0. The number of carboxylic acids is 1. The van der Waals surface area contributed by atoms with Crippen molar-refractivity contribution in [2.75, 3.05) is 0 Å². The molecule has 0 radical (unpaired) electrons. The fourth-order valence-electron chi connectivity index (χ4n) is 1.70. The Balaban J connectivity index is 1.98. The fourth-order valence-corrected chi connectivity index (χ4v) is 2.35. The number of hydrogen-bond acceptors (Lipinski definition) is 5. The molecule has 0 bridgehead atoms. The molecule has 0 aliphatic heterocycles. The molecule has 8 heteroatoms. The molecule has 1 N–H and O–H groups in total. The van der Waals surface area contributed by atoms with Gasteiger partial charge in [-0.3, -0.25) is 4.40 Å². The normalized spacial score (nSPS) is 10.9. The molecule has 3 aromatic heterocycles. The fraction of sp³-hybridized carbons (Fsp3) is 0.0909. The molecular formula is C11H8N4O3S. The predicted molar refractivity (Wildman–Crippen MR) is 67.6 cm³/mol. The topological polar surface area (TPSA) is 89.5 Å². The van der Waals surface area contributed by atoms with Gasteiger partial charge in [-0.25, -0.2) is 19.3 Å². The van der Waals surface area contributed by atoms with Crippen LogP contribution in [0.15, 0.2) is 34.6 Å². The van der Waals surface area contributed by atoms with Crippen LogP contribution in [0.25, 0.3) is 5.65 Å². The van der Waals surface area contributed by atoms with Crippen molar-refractivity contribution in [1.82, 2.24) is 19.2 Å². The van der Waals surface area contributed by atoms with E-state index in [4.69, 9.17) is 5.11 Å². The standard InChI is InChI=1S/C11H8N4O3S/c16-10(17)9-12-7(6-19-9)5-15-11(18)14-4-2-1-3-8(14)13-15/h1-4,6H,5H2,(H,16,17). The first-order valence-electron chi connectivity index (χ1n) is 5.37. The van der Waals surface area contributed by atoms with E-state index in [1.165, 1.54) is 9.08 Å². The molecule has 7 nitrogen and oxygen atoms in total. The van der Waals surface area contributed by atoms with Crippen LogP contribution in [0.2, 0.25) is 0 Å². The van der Waals surface area contributed by atoms with Gasteiger partial charge >= 0.3 is 11.7 Å². The highest BCUT2D eigenvalue weighted by atomic mass is 32.1. The largest absolute Gasteiger partial charge is 0.476 e. The summed E-state index contributed by atoms with van der Waals surface area (Å²) in [6, 6.07) is 5.25. The SMILES string of the molecule is O=C(O)c1nc(Cn2nc3ccccn3c2=O)cs1. The molecule has 0 unspecified atom stereocenters. The molecule has 0 amide bonds. The van der Waals surface area contributed by atoms with E-state index >= 15 is 0 Å². The third kappa shape index (κ3) is 2.02. The molecule has 0 fully saturated rings. The second-order valence-corrected chi connectivity index (χ2v) is 4.68. The smallest absolute Gasteiger partial charge is 0.365 e. The van der Waals surface area contributed by atoms with Crippen molar-refractivity contribution in [1.29, 1.82) is 0 Å². The molecule has 96 valence electrons. The lowest BCUT2D eigenvalue weighted by Crippen LogP contribution is -2.21. The highest BCUT2D eigenvalue weighted by Gasteiger charge is 2.11.